The van der Waals surface area contributed by atoms with E-state index in [1.807, 2.05) is 18.2 Å². The van der Waals surface area contributed by atoms with Crippen LogP contribution < -0.4 is 5.32 Å². The van der Waals surface area contributed by atoms with Gasteiger partial charge in [0.05, 0.1) is 18.7 Å². The third-order valence-corrected chi connectivity index (χ3v) is 7.56. The summed E-state index contributed by atoms with van der Waals surface area (Å²) in [5, 5.41) is 13.2. The lowest BCUT2D eigenvalue weighted by atomic mass is 9.73. The van der Waals surface area contributed by atoms with Gasteiger partial charge in [0.2, 0.25) is 5.91 Å². The number of hydrogen-bond donors (Lipinski definition) is 2. The molecule has 0 unspecified atom stereocenters. The Labute approximate surface area is 201 Å². The normalized spacial score (nSPS) is 25.2. The Balaban J connectivity index is 1.27. The van der Waals surface area contributed by atoms with Gasteiger partial charge in [-0.1, -0.05) is 86.0 Å². The predicted molar refractivity (Wildman–Crippen MR) is 133 cm³/mol. The summed E-state index contributed by atoms with van der Waals surface area (Å²) in [6.07, 6.45) is 9.73. The Kier molecular flexibility index (Phi) is 6.68. The monoisotopic (exact) mass is 459 g/mol. The van der Waals surface area contributed by atoms with E-state index in [1.165, 1.54) is 6.42 Å². The highest BCUT2D eigenvalue weighted by molar-refractivity contribution is 5.87. The summed E-state index contributed by atoms with van der Waals surface area (Å²) >= 11 is 0. The van der Waals surface area contributed by atoms with Crippen molar-refractivity contribution in [2.45, 2.75) is 56.1 Å². The number of aliphatic hydroxyl groups excluding tert-OH is 1. The third kappa shape index (κ3) is 4.60. The van der Waals surface area contributed by atoms with E-state index < -0.39 is 0 Å². The topological polar surface area (TPSA) is 72.9 Å². The number of hydrogen-bond acceptors (Lipinski definition) is 3. The molecule has 2 aromatic rings. The number of amides is 3. The molecule has 5 rings (SSSR count). The van der Waals surface area contributed by atoms with Crippen LogP contribution >= 0.6 is 0 Å². The van der Waals surface area contributed by atoms with E-state index in [0.29, 0.717) is 6.54 Å². The minimum absolute atomic E-state index is 0.0198. The molecule has 1 aliphatic carbocycles. The van der Waals surface area contributed by atoms with Crippen LogP contribution in [0.2, 0.25) is 0 Å². The SMILES string of the molecule is O=C(NC1CCCCC1)N1CC(=O)N2[C@@H](CO)[C@H](c3ccc(/C=C/c4ccccc4)cc3)[C@@H]2C1. The fourth-order valence-corrected chi connectivity index (χ4v) is 5.75. The lowest BCUT2D eigenvalue weighted by Crippen LogP contribution is -2.74. The van der Waals surface area contributed by atoms with E-state index in [9.17, 15) is 14.7 Å². The molecule has 2 heterocycles. The summed E-state index contributed by atoms with van der Waals surface area (Å²) in [6, 6.07) is 18.2. The van der Waals surface area contributed by atoms with E-state index in [0.717, 1.165) is 42.4 Å². The second-order valence-corrected chi connectivity index (χ2v) is 9.72. The van der Waals surface area contributed by atoms with Crippen LogP contribution in [0.4, 0.5) is 4.79 Å². The van der Waals surface area contributed by atoms with Crippen LogP contribution in [0.3, 0.4) is 0 Å². The standard InChI is InChI=1S/C28H33N3O3/c32-19-25-27(22-15-13-21(14-16-22)12-11-20-7-3-1-4-8-20)24-17-30(18-26(33)31(24)25)28(34)29-23-9-5-2-6-10-23/h1,3-4,7-8,11-16,23-25,27,32H,2,5-6,9-10,17-19H2,(H,29,34)/b12-11+/t24-,25-,27+/m0/s1. The number of urea groups is 1. The molecule has 0 spiro atoms. The van der Waals surface area contributed by atoms with Crippen LogP contribution in [0, 0.1) is 0 Å². The molecule has 3 aliphatic rings. The number of benzene rings is 2. The minimum atomic E-state index is -0.230. The van der Waals surface area contributed by atoms with Gasteiger partial charge in [-0.05, 0) is 29.5 Å². The molecule has 1 saturated carbocycles. The first kappa shape index (κ1) is 22.7. The predicted octanol–water partition coefficient (Wildman–Crippen LogP) is 3.87. The van der Waals surface area contributed by atoms with Gasteiger partial charge in [-0.2, -0.15) is 0 Å². The van der Waals surface area contributed by atoms with E-state index in [4.69, 9.17) is 0 Å². The molecule has 6 heteroatoms. The summed E-state index contributed by atoms with van der Waals surface area (Å²) in [7, 11) is 0. The quantitative estimate of drug-likeness (QED) is 0.667. The summed E-state index contributed by atoms with van der Waals surface area (Å²) in [5.74, 6) is -0.0563. The number of carbonyl (C=O) groups is 2. The molecule has 3 fully saturated rings. The van der Waals surface area contributed by atoms with Crippen LogP contribution in [0.25, 0.3) is 12.2 Å². The maximum atomic E-state index is 12.9. The summed E-state index contributed by atoms with van der Waals surface area (Å²) in [5.41, 5.74) is 3.34. The molecule has 34 heavy (non-hydrogen) atoms. The smallest absolute Gasteiger partial charge is 0.318 e. The Morgan fingerprint density at radius 3 is 2.32 bits per heavy atom. The second-order valence-electron chi connectivity index (χ2n) is 9.72. The van der Waals surface area contributed by atoms with E-state index in [-0.39, 0.29) is 49.1 Å². The van der Waals surface area contributed by atoms with Gasteiger partial charge in [0.15, 0.2) is 0 Å². The highest BCUT2D eigenvalue weighted by Gasteiger charge is 2.54. The maximum Gasteiger partial charge on any atom is 0.318 e. The summed E-state index contributed by atoms with van der Waals surface area (Å²) < 4.78 is 0. The Bertz CT molecular complexity index is 1030. The molecule has 0 aromatic heterocycles. The largest absolute Gasteiger partial charge is 0.394 e. The maximum absolute atomic E-state index is 12.9. The zero-order chi connectivity index (χ0) is 23.5. The number of carbonyl (C=O) groups excluding carboxylic acids is 2. The molecule has 2 saturated heterocycles. The molecule has 2 aromatic carbocycles. The van der Waals surface area contributed by atoms with E-state index in [2.05, 4.69) is 53.9 Å². The molecule has 3 atom stereocenters. The van der Waals surface area contributed by atoms with Gasteiger partial charge in [-0.3, -0.25) is 4.79 Å². The van der Waals surface area contributed by atoms with Crippen molar-refractivity contribution < 1.29 is 14.7 Å². The number of rotatable bonds is 5. The van der Waals surface area contributed by atoms with Crippen molar-refractivity contribution in [1.82, 2.24) is 15.1 Å². The van der Waals surface area contributed by atoms with Gasteiger partial charge >= 0.3 is 6.03 Å². The molecular weight excluding hydrogens is 426 g/mol. The van der Waals surface area contributed by atoms with Crippen molar-refractivity contribution in [2.24, 2.45) is 0 Å². The van der Waals surface area contributed by atoms with Crippen molar-refractivity contribution in [2.75, 3.05) is 19.7 Å². The zero-order valence-electron chi connectivity index (χ0n) is 19.5. The van der Waals surface area contributed by atoms with Gasteiger partial charge in [0.25, 0.3) is 0 Å². The van der Waals surface area contributed by atoms with Crippen LogP contribution in [0.15, 0.2) is 54.6 Å². The molecule has 178 valence electrons. The van der Waals surface area contributed by atoms with Crippen molar-refractivity contribution >= 4 is 24.1 Å². The number of nitrogens with one attached hydrogen (secondary N) is 1. The lowest BCUT2D eigenvalue weighted by Gasteiger charge is -2.58. The van der Waals surface area contributed by atoms with Crippen LogP contribution in [-0.4, -0.2) is 64.7 Å². The molecule has 0 radical (unpaired) electrons. The Morgan fingerprint density at radius 2 is 1.65 bits per heavy atom. The van der Waals surface area contributed by atoms with Gasteiger partial charge in [0.1, 0.15) is 6.54 Å². The number of fused-ring (bicyclic) bond motifs is 1. The molecular formula is C28H33N3O3. The van der Waals surface area contributed by atoms with Crippen molar-refractivity contribution in [3.63, 3.8) is 0 Å². The number of piperazine rings is 1. The average Bonchev–Trinajstić information content (AvgIpc) is 2.86. The first-order chi connectivity index (χ1) is 16.6. The third-order valence-electron chi connectivity index (χ3n) is 7.56. The minimum Gasteiger partial charge on any atom is -0.394 e. The zero-order valence-corrected chi connectivity index (χ0v) is 19.5. The number of aliphatic hydroxyl groups is 1. The van der Waals surface area contributed by atoms with Crippen molar-refractivity contribution in [1.29, 1.82) is 0 Å². The Hall–Kier alpha value is -3.12. The first-order valence-electron chi connectivity index (χ1n) is 12.4. The molecule has 2 N–H and O–H groups in total. The Morgan fingerprint density at radius 1 is 0.971 bits per heavy atom. The highest BCUT2D eigenvalue weighted by Crippen LogP contribution is 2.43. The fourth-order valence-electron chi connectivity index (χ4n) is 5.75. The highest BCUT2D eigenvalue weighted by atomic mass is 16.3. The molecule has 0 bridgehead atoms. The van der Waals surface area contributed by atoms with Gasteiger partial charge in [-0.25, -0.2) is 4.79 Å². The van der Waals surface area contributed by atoms with Crippen molar-refractivity contribution in [3.05, 3.63) is 71.3 Å². The second kappa shape index (κ2) is 10.0. The van der Waals surface area contributed by atoms with Gasteiger partial charge in [-0.15, -0.1) is 0 Å². The van der Waals surface area contributed by atoms with Gasteiger partial charge in [0, 0.05) is 18.5 Å². The fraction of sp³-hybridized carbons (Fsp3) is 0.429. The molecule has 3 amide bonds. The number of nitrogens with zero attached hydrogens (tertiary/aromatic N) is 2. The van der Waals surface area contributed by atoms with Crippen molar-refractivity contribution in [3.8, 4) is 0 Å². The van der Waals surface area contributed by atoms with Gasteiger partial charge < -0.3 is 20.2 Å². The molecule has 6 nitrogen and oxygen atoms in total. The van der Waals surface area contributed by atoms with Crippen LogP contribution in [0.1, 0.15) is 54.7 Å². The van der Waals surface area contributed by atoms with Crippen LogP contribution in [0.5, 0.6) is 0 Å². The van der Waals surface area contributed by atoms with E-state index in [1.54, 1.807) is 9.80 Å². The summed E-state index contributed by atoms with van der Waals surface area (Å²) in [6.45, 7) is 0.513. The molecule has 2 aliphatic heterocycles. The summed E-state index contributed by atoms with van der Waals surface area (Å²) in [4.78, 5) is 29.2. The first-order valence-corrected chi connectivity index (χ1v) is 12.4. The van der Waals surface area contributed by atoms with E-state index >= 15 is 0 Å². The average molecular weight is 460 g/mol. The lowest BCUT2D eigenvalue weighted by molar-refractivity contribution is -0.159. The van der Waals surface area contributed by atoms with Crippen LogP contribution in [-0.2, 0) is 4.79 Å².